The number of carboxylic acid groups (broad SMARTS) is 1. The van der Waals surface area contributed by atoms with Gasteiger partial charge in [0, 0.05) is 17.5 Å². The normalized spacial score (nSPS) is 10.6. The second-order valence-electron chi connectivity index (χ2n) is 4.36. The lowest BCUT2D eigenvalue weighted by atomic mass is 10.1. The van der Waals surface area contributed by atoms with Crippen LogP contribution in [0.5, 0.6) is 0 Å². The summed E-state index contributed by atoms with van der Waals surface area (Å²) in [6, 6.07) is 3.08. The number of H-pyrrole nitrogens is 1. The summed E-state index contributed by atoms with van der Waals surface area (Å²) in [5.74, 6) is -1.05. The Kier molecular flexibility index (Phi) is 3.89. The van der Waals surface area contributed by atoms with E-state index in [1.807, 2.05) is 0 Å². The molecule has 0 bridgehead atoms. The second-order valence-corrected chi connectivity index (χ2v) is 5.34. The van der Waals surface area contributed by atoms with Gasteiger partial charge in [0.15, 0.2) is 5.16 Å². The lowest BCUT2D eigenvalue weighted by Crippen LogP contribution is -2.10. The zero-order chi connectivity index (χ0) is 14.9. The van der Waals surface area contributed by atoms with Gasteiger partial charge in [0.1, 0.15) is 5.03 Å². The van der Waals surface area contributed by atoms with Crippen molar-refractivity contribution in [2.24, 2.45) is 0 Å². The SMILES string of the molecule is Cc1cc(=O)[nH]c(Sc2nc(C)cc(C)c2C(=O)O)n1. The molecule has 0 aliphatic rings. The molecule has 0 atom stereocenters. The minimum Gasteiger partial charge on any atom is -0.478 e. The summed E-state index contributed by atoms with van der Waals surface area (Å²) in [4.78, 5) is 33.7. The first kappa shape index (κ1) is 14.3. The van der Waals surface area contributed by atoms with Crippen LogP contribution in [0.3, 0.4) is 0 Å². The number of carboxylic acids is 1. The molecule has 2 aromatic rings. The maximum Gasteiger partial charge on any atom is 0.338 e. The maximum atomic E-state index is 11.4. The lowest BCUT2D eigenvalue weighted by Gasteiger charge is -2.08. The molecule has 2 rings (SSSR count). The Labute approximate surface area is 119 Å². The van der Waals surface area contributed by atoms with Gasteiger partial charge in [-0.2, -0.15) is 0 Å². The molecule has 2 N–H and O–H groups in total. The Morgan fingerprint density at radius 1 is 1.20 bits per heavy atom. The highest BCUT2D eigenvalue weighted by Gasteiger charge is 2.17. The van der Waals surface area contributed by atoms with Crippen molar-refractivity contribution in [3.8, 4) is 0 Å². The van der Waals surface area contributed by atoms with E-state index in [9.17, 15) is 14.7 Å². The van der Waals surface area contributed by atoms with Crippen molar-refractivity contribution in [3.05, 3.63) is 45.0 Å². The zero-order valence-electron chi connectivity index (χ0n) is 11.2. The van der Waals surface area contributed by atoms with Crippen LogP contribution in [0.1, 0.15) is 27.3 Å². The number of hydrogen-bond acceptors (Lipinski definition) is 5. The Balaban J connectivity index is 2.52. The van der Waals surface area contributed by atoms with E-state index in [4.69, 9.17) is 0 Å². The second kappa shape index (κ2) is 5.46. The summed E-state index contributed by atoms with van der Waals surface area (Å²) in [6.07, 6.45) is 0. The van der Waals surface area contributed by atoms with Gasteiger partial charge >= 0.3 is 5.97 Å². The summed E-state index contributed by atoms with van der Waals surface area (Å²) in [5.41, 5.74) is 1.76. The molecular weight excluding hydrogens is 278 g/mol. The molecule has 0 aliphatic heterocycles. The van der Waals surface area contributed by atoms with Crippen molar-refractivity contribution < 1.29 is 9.90 Å². The fourth-order valence-corrected chi connectivity index (χ4v) is 2.89. The largest absolute Gasteiger partial charge is 0.478 e. The highest BCUT2D eigenvalue weighted by molar-refractivity contribution is 7.99. The van der Waals surface area contributed by atoms with Crippen molar-refractivity contribution >= 4 is 17.7 Å². The van der Waals surface area contributed by atoms with E-state index in [0.29, 0.717) is 27.1 Å². The molecule has 0 aromatic carbocycles. The van der Waals surface area contributed by atoms with Gasteiger partial charge in [-0.15, -0.1) is 0 Å². The molecule has 0 fully saturated rings. The van der Waals surface area contributed by atoms with E-state index in [-0.39, 0.29) is 11.1 Å². The van der Waals surface area contributed by atoms with E-state index in [2.05, 4.69) is 15.0 Å². The Morgan fingerprint density at radius 2 is 1.85 bits per heavy atom. The molecule has 0 unspecified atom stereocenters. The van der Waals surface area contributed by atoms with Crippen molar-refractivity contribution in [1.29, 1.82) is 0 Å². The van der Waals surface area contributed by atoms with Gasteiger partial charge in [-0.05, 0) is 44.2 Å². The molecule has 7 heteroatoms. The van der Waals surface area contributed by atoms with Crippen LogP contribution in [0.15, 0.2) is 27.1 Å². The minimum absolute atomic E-state index is 0.129. The molecule has 2 aromatic heterocycles. The third-order valence-corrected chi connectivity index (χ3v) is 3.44. The van der Waals surface area contributed by atoms with Gasteiger partial charge in [-0.25, -0.2) is 14.8 Å². The van der Waals surface area contributed by atoms with Gasteiger partial charge in [0.25, 0.3) is 5.56 Å². The molecular formula is C13H13N3O3S. The Morgan fingerprint density at radius 3 is 2.45 bits per heavy atom. The molecule has 0 spiro atoms. The maximum absolute atomic E-state index is 11.4. The Hall–Kier alpha value is -2.15. The van der Waals surface area contributed by atoms with Crippen molar-refractivity contribution in [3.63, 3.8) is 0 Å². The number of aromatic nitrogens is 3. The number of aromatic carboxylic acids is 1. The van der Waals surface area contributed by atoms with Crippen molar-refractivity contribution in [2.45, 2.75) is 31.0 Å². The number of carbonyl (C=O) groups is 1. The van der Waals surface area contributed by atoms with Gasteiger partial charge in [-0.3, -0.25) is 4.79 Å². The van der Waals surface area contributed by atoms with Gasteiger partial charge in [0.2, 0.25) is 0 Å². The summed E-state index contributed by atoms with van der Waals surface area (Å²) in [5, 5.41) is 9.93. The molecule has 0 aliphatic carbocycles. The third kappa shape index (κ3) is 3.05. The number of nitrogens with zero attached hydrogens (tertiary/aromatic N) is 2. The van der Waals surface area contributed by atoms with Crippen LogP contribution in [-0.2, 0) is 0 Å². The molecule has 0 amide bonds. The molecule has 104 valence electrons. The quantitative estimate of drug-likeness (QED) is 0.839. The van der Waals surface area contributed by atoms with Crippen LogP contribution in [0.2, 0.25) is 0 Å². The summed E-state index contributed by atoms with van der Waals surface area (Å²) >= 11 is 1.04. The first-order chi connectivity index (χ1) is 9.36. The first-order valence-electron chi connectivity index (χ1n) is 5.84. The number of rotatable bonds is 3. The average Bonchev–Trinajstić information content (AvgIpc) is 2.25. The smallest absolute Gasteiger partial charge is 0.338 e. The van der Waals surface area contributed by atoms with E-state index < -0.39 is 5.97 Å². The molecule has 2 heterocycles. The lowest BCUT2D eigenvalue weighted by molar-refractivity contribution is 0.0691. The predicted molar refractivity (Wildman–Crippen MR) is 74.4 cm³/mol. The molecule has 20 heavy (non-hydrogen) atoms. The summed E-state index contributed by atoms with van der Waals surface area (Å²) < 4.78 is 0. The van der Waals surface area contributed by atoms with Crippen LogP contribution in [0.4, 0.5) is 0 Å². The molecule has 0 radical (unpaired) electrons. The molecule has 0 saturated heterocycles. The predicted octanol–water partition coefficient (Wildman–Crippen LogP) is 1.94. The van der Waals surface area contributed by atoms with Crippen molar-refractivity contribution in [2.75, 3.05) is 0 Å². The highest BCUT2D eigenvalue weighted by atomic mass is 32.2. The zero-order valence-corrected chi connectivity index (χ0v) is 12.0. The van der Waals surface area contributed by atoms with Crippen LogP contribution in [-0.4, -0.2) is 26.0 Å². The van der Waals surface area contributed by atoms with E-state index in [1.54, 1.807) is 26.8 Å². The first-order valence-corrected chi connectivity index (χ1v) is 6.66. The van der Waals surface area contributed by atoms with Gasteiger partial charge < -0.3 is 10.1 Å². The highest BCUT2D eigenvalue weighted by Crippen LogP contribution is 2.28. The number of pyridine rings is 1. The van der Waals surface area contributed by atoms with E-state index in [0.717, 1.165) is 11.8 Å². The fraction of sp³-hybridized carbons (Fsp3) is 0.231. The third-order valence-electron chi connectivity index (χ3n) is 2.57. The summed E-state index contributed by atoms with van der Waals surface area (Å²) in [6.45, 7) is 5.20. The van der Waals surface area contributed by atoms with E-state index in [1.165, 1.54) is 6.07 Å². The number of nitrogens with one attached hydrogen (secondary N) is 1. The minimum atomic E-state index is -1.05. The Bertz CT molecular complexity index is 740. The summed E-state index contributed by atoms with van der Waals surface area (Å²) in [7, 11) is 0. The van der Waals surface area contributed by atoms with Crippen LogP contribution in [0.25, 0.3) is 0 Å². The topological polar surface area (TPSA) is 95.9 Å². The standard InChI is InChI=1S/C13H13N3O3S/c1-6-4-7(2)14-11(10(6)12(18)19)20-13-15-8(3)5-9(17)16-13/h4-5H,1-3H3,(H,18,19)(H,15,16,17). The van der Waals surface area contributed by atoms with Crippen LogP contribution < -0.4 is 5.56 Å². The monoisotopic (exact) mass is 291 g/mol. The molecule has 6 nitrogen and oxygen atoms in total. The van der Waals surface area contributed by atoms with Crippen LogP contribution >= 0.6 is 11.8 Å². The van der Waals surface area contributed by atoms with Crippen LogP contribution in [0, 0.1) is 20.8 Å². The average molecular weight is 291 g/mol. The van der Waals surface area contributed by atoms with Gasteiger partial charge in [-0.1, -0.05) is 0 Å². The number of aromatic amines is 1. The van der Waals surface area contributed by atoms with Gasteiger partial charge in [0.05, 0.1) is 5.56 Å². The van der Waals surface area contributed by atoms with Crippen molar-refractivity contribution in [1.82, 2.24) is 15.0 Å². The molecule has 0 saturated carbocycles. The number of hydrogen-bond donors (Lipinski definition) is 2. The fourth-order valence-electron chi connectivity index (χ4n) is 1.83. The van der Waals surface area contributed by atoms with E-state index >= 15 is 0 Å². The number of aryl methyl sites for hydroxylation is 3.